The van der Waals surface area contributed by atoms with E-state index in [2.05, 4.69) is 19.6 Å². The van der Waals surface area contributed by atoms with Crippen molar-refractivity contribution < 1.29 is 33.5 Å². The number of hydrogen-bond donors (Lipinski definition) is 3. The molecule has 3 atom stereocenters. The summed E-state index contributed by atoms with van der Waals surface area (Å²) < 4.78 is 22.0. The van der Waals surface area contributed by atoms with Crippen LogP contribution in [0.2, 0.25) is 0 Å². The molecule has 0 amide bonds. The number of phenols is 1. The molecule has 0 radical (unpaired) electrons. The van der Waals surface area contributed by atoms with E-state index in [0.29, 0.717) is 18.4 Å². The van der Waals surface area contributed by atoms with Crippen LogP contribution in [-0.4, -0.2) is 27.0 Å². The van der Waals surface area contributed by atoms with Gasteiger partial charge in [-0.05, 0) is 81.9 Å². The summed E-state index contributed by atoms with van der Waals surface area (Å²) in [5, 5.41) is 11.1. The number of carbonyl (C=O) groups excluding carboxylic acids is 1. The molecule has 34 heavy (non-hydrogen) atoms. The van der Waals surface area contributed by atoms with E-state index in [1.54, 1.807) is 12.1 Å². The second-order valence-electron chi connectivity index (χ2n) is 9.79. The SMILES string of the molecule is C=C(C)[C@@H]1CCC(C)=C[C@H]1c1c(O)cc(CCCCC)cc1OC(=O)C(OP(=O)(O)O)C1CC1. The third kappa shape index (κ3) is 7.05. The fraction of sp³-hybridized carbons (Fsp3) is 0.577. The van der Waals surface area contributed by atoms with Gasteiger partial charge in [0.05, 0.1) is 0 Å². The lowest BCUT2D eigenvalue weighted by atomic mass is 9.73. The predicted molar refractivity (Wildman–Crippen MR) is 131 cm³/mol. The molecule has 0 spiro atoms. The largest absolute Gasteiger partial charge is 0.507 e. The van der Waals surface area contributed by atoms with Gasteiger partial charge in [0.25, 0.3) is 0 Å². The van der Waals surface area contributed by atoms with Crippen molar-refractivity contribution in [1.82, 2.24) is 0 Å². The Kier molecular flexibility index (Phi) is 8.80. The van der Waals surface area contributed by atoms with Gasteiger partial charge in [-0.2, -0.15) is 0 Å². The van der Waals surface area contributed by atoms with E-state index < -0.39 is 19.9 Å². The quantitative estimate of drug-likeness (QED) is 0.115. The fourth-order valence-electron chi connectivity index (χ4n) is 4.75. The minimum Gasteiger partial charge on any atom is -0.507 e. The van der Waals surface area contributed by atoms with Crippen LogP contribution in [0.1, 0.15) is 82.8 Å². The van der Waals surface area contributed by atoms with Crippen LogP contribution in [0.25, 0.3) is 0 Å². The minimum atomic E-state index is -4.87. The summed E-state index contributed by atoms with van der Waals surface area (Å²) >= 11 is 0. The zero-order valence-electron chi connectivity index (χ0n) is 20.3. The molecular weight excluding hydrogens is 455 g/mol. The van der Waals surface area contributed by atoms with Crippen LogP contribution >= 0.6 is 7.82 Å². The Morgan fingerprint density at radius 3 is 2.53 bits per heavy atom. The summed E-state index contributed by atoms with van der Waals surface area (Å²) in [5.41, 5.74) is 3.52. The number of esters is 1. The molecule has 0 bridgehead atoms. The number of benzene rings is 1. The molecule has 0 heterocycles. The van der Waals surface area contributed by atoms with Crippen molar-refractivity contribution >= 4 is 13.8 Å². The van der Waals surface area contributed by atoms with E-state index in [9.17, 15) is 24.3 Å². The molecule has 0 aliphatic heterocycles. The monoisotopic (exact) mass is 492 g/mol. The van der Waals surface area contributed by atoms with Crippen molar-refractivity contribution in [2.24, 2.45) is 11.8 Å². The highest BCUT2D eigenvalue weighted by atomic mass is 31.2. The maximum Gasteiger partial charge on any atom is 0.470 e. The Bertz CT molecular complexity index is 989. The standard InChI is InChI=1S/C26H37O7P/c1-5-6-7-8-18-14-22(27)24(21-13-17(4)9-12-20(21)16(2)3)23(15-18)32-26(28)25(19-10-11-19)33-34(29,30)31/h13-15,19-21,25,27H,2,5-12H2,1,3-4H3,(H2,29,30,31)/t20-,21+,25?/m0/s1. The smallest absolute Gasteiger partial charge is 0.470 e. The average Bonchev–Trinajstić information content (AvgIpc) is 3.56. The van der Waals surface area contributed by atoms with Crippen LogP contribution in [-0.2, 0) is 20.3 Å². The van der Waals surface area contributed by atoms with Gasteiger partial charge in [-0.3, -0.25) is 4.52 Å². The Hall–Kier alpha value is -1.92. The zero-order chi connectivity index (χ0) is 25.0. The topological polar surface area (TPSA) is 113 Å². The summed E-state index contributed by atoms with van der Waals surface area (Å²) in [6, 6.07) is 3.51. The summed E-state index contributed by atoms with van der Waals surface area (Å²) in [7, 11) is -4.87. The van der Waals surface area contributed by atoms with Gasteiger partial charge < -0.3 is 19.6 Å². The first-order chi connectivity index (χ1) is 16.0. The zero-order valence-corrected chi connectivity index (χ0v) is 21.2. The molecule has 3 N–H and O–H groups in total. The van der Waals surface area contributed by atoms with Gasteiger partial charge >= 0.3 is 13.8 Å². The number of aromatic hydroxyl groups is 1. The van der Waals surface area contributed by atoms with Crippen molar-refractivity contribution in [3.8, 4) is 11.5 Å². The van der Waals surface area contributed by atoms with Gasteiger partial charge in [0.2, 0.25) is 0 Å². The third-order valence-corrected chi connectivity index (χ3v) is 7.21. The molecule has 2 aliphatic rings. The highest BCUT2D eigenvalue weighted by Crippen LogP contribution is 2.48. The number of hydrogen-bond acceptors (Lipinski definition) is 5. The lowest BCUT2D eigenvalue weighted by Gasteiger charge is -2.32. The first-order valence-electron chi connectivity index (χ1n) is 12.1. The summed E-state index contributed by atoms with van der Waals surface area (Å²) in [5.74, 6) is -1.01. The number of phenolic OH excluding ortho intramolecular Hbond substituents is 1. The number of carbonyl (C=O) groups is 1. The van der Waals surface area contributed by atoms with Crippen molar-refractivity contribution in [2.75, 3.05) is 0 Å². The molecule has 1 unspecified atom stereocenters. The van der Waals surface area contributed by atoms with Gasteiger partial charge in [-0.25, -0.2) is 9.36 Å². The number of phosphoric ester groups is 1. The Morgan fingerprint density at radius 2 is 1.94 bits per heavy atom. The molecule has 188 valence electrons. The first-order valence-corrected chi connectivity index (χ1v) is 13.7. The lowest BCUT2D eigenvalue weighted by molar-refractivity contribution is -0.144. The molecule has 1 fully saturated rings. The average molecular weight is 493 g/mol. The van der Waals surface area contributed by atoms with Gasteiger partial charge in [0.1, 0.15) is 11.5 Å². The van der Waals surface area contributed by atoms with Crippen LogP contribution in [0, 0.1) is 11.8 Å². The number of allylic oxidation sites excluding steroid dienone is 3. The van der Waals surface area contributed by atoms with E-state index in [0.717, 1.165) is 49.7 Å². The Balaban J connectivity index is 2.01. The Morgan fingerprint density at radius 1 is 1.24 bits per heavy atom. The van der Waals surface area contributed by atoms with Crippen LogP contribution in [0.5, 0.6) is 11.5 Å². The molecule has 8 heteroatoms. The van der Waals surface area contributed by atoms with Crippen molar-refractivity contribution in [3.05, 3.63) is 47.1 Å². The van der Waals surface area contributed by atoms with Gasteiger partial charge in [0.15, 0.2) is 6.10 Å². The summed E-state index contributed by atoms with van der Waals surface area (Å²) in [6.45, 7) is 10.3. The highest BCUT2D eigenvalue weighted by Gasteiger charge is 2.43. The molecule has 1 aromatic carbocycles. The molecule has 3 rings (SSSR count). The van der Waals surface area contributed by atoms with Gasteiger partial charge in [0, 0.05) is 11.5 Å². The number of unbranched alkanes of at least 4 members (excludes halogenated alkanes) is 2. The van der Waals surface area contributed by atoms with Crippen LogP contribution in [0.4, 0.5) is 0 Å². The lowest BCUT2D eigenvalue weighted by Crippen LogP contribution is -2.30. The second-order valence-corrected chi connectivity index (χ2v) is 11.0. The Labute approximate surface area is 202 Å². The number of rotatable bonds is 11. The fourth-order valence-corrected chi connectivity index (χ4v) is 5.31. The molecular formula is C26H37O7P. The van der Waals surface area contributed by atoms with E-state index in [-0.39, 0.29) is 29.3 Å². The summed E-state index contributed by atoms with van der Waals surface area (Å²) in [6.07, 6.45) is 7.58. The molecule has 7 nitrogen and oxygen atoms in total. The van der Waals surface area contributed by atoms with E-state index in [1.165, 1.54) is 5.57 Å². The van der Waals surface area contributed by atoms with Crippen molar-refractivity contribution in [2.45, 2.75) is 84.2 Å². The van der Waals surface area contributed by atoms with Gasteiger partial charge in [-0.15, -0.1) is 0 Å². The van der Waals surface area contributed by atoms with Crippen LogP contribution < -0.4 is 4.74 Å². The number of ether oxygens (including phenoxy) is 1. The number of phosphoric acid groups is 1. The minimum absolute atomic E-state index is 0.0536. The first kappa shape index (κ1) is 26.7. The maximum absolute atomic E-state index is 13.1. The maximum atomic E-state index is 13.1. The van der Waals surface area contributed by atoms with Gasteiger partial charge in [-0.1, -0.05) is 43.6 Å². The van der Waals surface area contributed by atoms with Crippen LogP contribution in [0.15, 0.2) is 35.9 Å². The summed E-state index contributed by atoms with van der Waals surface area (Å²) in [4.78, 5) is 31.7. The third-order valence-electron chi connectivity index (χ3n) is 6.71. The molecule has 0 aromatic heterocycles. The normalized spacial score (nSPS) is 21.6. The van der Waals surface area contributed by atoms with E-state index in [1.807, 2.05) is 13.8 Å². The van der Waals surface area contributed by atoms with Crippen molar-refractivity contribution in [3.63, 3.8) is 0 Å². The molecule has 2 aliphatic carbocycles. The van der Waals surface area contributed by atoms with Crippen LogP contribution in [0.3, 0.4) is 0 Å². The van der Waals surface area contributed by atoms with Crippen molar-refractivity contribution in [1.29, 1.82) is 0 Å². The molecule has 1 aromatic rings. The van der Waals surface area contributed by atoms with E-state index in [4.69, 9.17) is 9.26 Å². The number of aryl methyl sites for hydroxylation is 1. The second kappa shape index (κ2) is 11.2. The highest BCUT2D eigenvalue weighted by molar-refractivity contribution is 7.46. The predicted octanol–water partition coefficient (Wildman–Crippen LogP) is 5.93. The molecule has 0 saturated heterocycles. The van der Waals surface area contributed by atoms with E-state index >= 15 is 0 Å². The molecule has 1 saturated carbocycles.